The first-order valence-electron chi connectivity index (χ1n) is 1.87. The van der Waals surface area contributed by atoms with E-state index in [2.05, 4.69) is 11.6 Å². The van der Waals surface area contributed by atoms with Crippen LogP contribution in [0.2, 0.25) is 0 Å². The Morgan fingerprint density at radius 1 is 1.44 bits per heavy atom. The van der Waals surface area contributed by atoms with Crippen LogP contribution in [0, 0.1) is 0 Å². The van der Waals surface area contributed by atoms with Crippen LogP contribution in [-0.4, -0.2) is 11.4 Å². The first-order valence-corrected chi connectivity index (χ1v) is 2.25. The van der Waals surface area contributed by atoms with Gasteiger partial charge in [0.15, 0.2) is 0 Å². The smallest absolute Gasteiger partial charge is 0.276 e. The van der Waals surface area contributed by atoms with Crippen molar-refractivity contribution in [3.8, 4) is 0 Å². The van der Waals surface area contributed by atoms with Crippen LogP contribution in [0.4, 0.5) is 13.2 Å². The molecule has 0 aromatic heterocycles. The highest BCUT2D eigenvalue weighted by atomic mass is 35.5. The van der Waals surface area contributed by atoms with Gasteiger partial charge in [0, 0.05) is 12.2 Å². The Labute approximate surface area is 54.1 Å². The quantitative estimate of drug-likeness (QED) is 0.421. The molecule has 0 atom stereocenters. The summed E-state index contributed by atoms with van der Waals surface area (Å²) in [4.78, 5) is 9.67. The highest BCUT2D eigenvalue weighted by Gasteiger charge is 2.22. The highest BCUT2D eigenvalue weighted by molar-refractivity contribution is 6.66. The van der Waals surface area contributed by atoms with E-state index in [1.165, 1.54) is 0 Å². The van der Waals surface area contributed by atoms with E-state index in [1.807, 2.05) is 0 Å². The molecule has 0 spiro atoms. The SMILES string of the molecule is O=C(Cl)/C=C/C(F)(F)F. The average Bonchev–Trinajstić information content (AvgIpc) is 1.59. The minimum Gasteiger partial charge on any atom is -0.276 e. The van der Waals surface area contributed by atoms with E-state index in [1.54, 1.807) is 0 Å². The van der Waals surface area contributed by atoms with Crippen molar-refractivity contribution >= 4 is 16.8 Å². The zero-order valence-corrected chi connectivity index (χ0v) is 4.83. The van der Waals surface area contributed by atoms with E-state index < -0.39 is 11.4 Å². The number of hydrogen-bond acceptors (Lipinski definition) is 1. The zero-order chi connectivity index (χ0) is 7.49. The molecule has 0 saturated carbocycles. The fraction of sp³-hybridized carbons (Fsp3) is 0.250. The molecule has 0 radical (unpaired) electrons. The number of alkyl halides is 3. The van der Waals surface area contributed by atoms with Crippen molar-refractivity contribution in [3.63, 3.8) is 0 Å². The molecule has 0 saturated heterocycles. The van der Waals surface area contributed by atoms with Crippen molar-refractivity contribution in [1.82, 2.24) is 0 Å². The Bertz CT molecular complexity index is 137. The monoisotopic (exact) mass is 158 g/mol. The summed E-state index contributed by atoms with van der Waals surface area (Å²) in [5.74, 6) is 0. The molecule has 9 heavy (non-hydrogen) atoms. The summed E-state index contributed by atoms with van der Waals surface area (Å²) in [6.45, 7) is 0. The molecule has 0 aliphatic heterocycles. The predicted octanol–water partition coefficient (Wildman–Crippen LogP) is 1.87. The average molecular weight is 159 g/mol. The molecule has 0 aliphatic carbocycles. The lowest BCUT2D eigenvalue weighted by Gasteiger charge is -1.93. The van der Waals surface area contributed by atoms with E-state index in [0.29, 0.717) is 0 Å². The number of carbonyl (C=O) groups is 1. The largest absolute Gasteiger partial charge is 0.409 e. The van der Waals surface area contributed by atoms with Crippen molar-refractivity contribution in [2.45, 2.75) is 6.18 Å². The summed E-state index contributed by atoms with van der Waals surface area (Å²) in [5.41, 5.74) is 0. The fourth-order valence-corrected chi connectivity index (χ4v) is 0.223. The van der Waals surface area contributed by atoms with Crippen molar-refractivity contribution in [2.24, 2.45) is 0 Å². The minimum absolute atomic E-state index is 0.220. The van der Waals surface area contributed by atoms with Crippen LogP contribution in [0.25, 0.3) is 0 Å². The van der Waals surface area contributed by atoms with Crippen LogP contribution in [0.3, 0.4) is 0 Å². The van der Waals surface area contributed by atoms with Gasteiger partial charge in [0.05, 0.1) is 0 Å². The predicted molar refractivity (Wildman–Crippen MR) is 26.1 cm³/mol. The Hall–Kier alpha value is -0.510. The molecule has 0 rings (SSSR count). The van der Waals surface area contributed by atoms with Crippen LogP contribution in [0.5, 0.6) is 0 Å². The normalized spacial score (nSPS) is 12.4. The van der Waals surface area contributed by atoms with Crippen LogP contribution in [-0.2, 0) is 4.79 Å². The van der Waals surface area contributed by atoms with Gasteiger partial charge in [-0.15, -0.1) is 0 Å². The summed E-state index contributed by atoms with van der Waals surface area (Å²) in [7, 11) is 0. The molecule has 52 valence electrons. The highest BCUT2D eigenvalue weighted by Crippen LogP contribution is 2.15. The molecule has 0 heterocycles. The standard InChI is InChI=1S/C4H2ClF3O/c5-3(9)1-2-4(6,7)8/h1-2H/b2-1+. The zero-order valence-electron chi connectivity index (χ0n) is 4.07. The van der Waals surface area contributed by atoms with Gasteiger partial charge in [-0.3, -0.25) is 4.79 Å². The van der Waals surface area contributed by atoms with Gasteiger partial charge in [-0.2, -0.15) is 13.2 Å². The number of halogens is 4. The van der Waals surface area contributed by atoms with Gasteiger partial charge in [-0.1, -0.05) is 0 Å². The Morgan fingerprint density at radius 3 is 2.00 bits per heavy atom. The van der Waals surface area contributed by atoms with Crippen molar-refractivity contribution in [3.05, 3.63) is 12.2 Å². The number of allylic oxidation sites excluding steroid dienone is 2. The van der Waals surface area contributed by atoms with E-state index in [0.717, 1.165) is 0 Å². The first-order chi connectivity index (χ1) is 3.92. The number of rotatable bonds is 1. The van der Waals surface area contributed by atoms with Gasteiger partial charge in [0.2, 0.25) is 5.24 Å². The van der Waals surface area contributed by atoms with E-state index >= 15 is 0 Å². The van der Waals surface area contributed by atoms with E-state index in [9.17, 15) is 18.0 Å². The molecule has 0 bridgehead atoms. The fourth-order valence-electron chi connectivity index (χ4n) is 0.160. The van der Waals surface area contributed by atoms with Gasteiger partial charge in [-0.25, -0.2) is 0 Å². The second kappa shape index (κ2) is 2.87. The topological polar surface area (TPSA) is 17.1 Å². The second-order valence-electron chi connectivity index (χ2n) is 1.18. The molecule has 0 aliphatic rings. The van der Waals surface area contributed by atoms with Crippen LogP contribution < -0.4 is 0 Å². The summed E-state index contributed by atoms with van der Waals surface area (Å²) in [6, 6.07) is 0. The summed E-state index contributed by atoms with van der Waals surface area (Å²) in [6.07, 6.45) is -4.42. The van der Waals surface area contributed by atoms with Crippen molar-refractivity contribution in [2.75, 3.05) is 0 Å². The molecule has 1 nitrogen and oxygen atoms in total. The lowest BCUT2D eigenvalue weighted by molar-refractivity contribution is -0.108. The molecular weight excluding hydrogens is 156 g/mol. The molecule has 0 unspecified atom stereocenters. The van der Waals surface area contributed by atoms with Gasteiger partial charge in [0.25, 0.3) is 0 Å². The van der Waals surface area contributed by atoms with Gasteiger partial charge < -0.3 is 0 Å². The summed E-state index contributed by atoms with van der Waals surface area (Å²) in [5, 5.41) is -1.13. The van der Waals surface area contributed by atoms with E-state index in [-0.39, 0.29) is 12.2 Å². The lowest BCUT2D eigenvalue weighted by atomic mass is 10.5. The lowest BCUT2D eigenvalue weighted by Crippen LogP contribution is -2.01. The minimum atomic E-state index is -4.45. The molecular formula is C4H2ClF3O. The first kappa shape index (κ1) is 8.49. The maximum Gasteiger partial charge on any atom is 0.409 e. The van der Waals surface area contributed by atoms with Gasteiger partial charge >= 0.3 is 6.18 Å². The second-order valence-corrected chi connectivity index (χ2v) is 1.55. The Kier molecular flexibility index (Phi) is 2.70. The van der Waals surface area contributed by atoms with Crippen LogP contribution >= 0.6 is 11.6 Å². The Balaban J connectivity index is 3.86. The third-order valence-corrected chi connectivity index (χ3v) is 0.529. The van der Waals surface area contributed by atoms with E-state index in [4.69, 9.17) is 0 Å². The maximum absolute atomic E-state index is 11.1. The third kappa shape index (κ3) is 7.49. The Morgan fingerprint density at radius 2 is 1.89 bits per heavy atom. The molecule has 0 aromatic carbocycles. The van der Waals surface area contributed by atoms with Crippen LogP contribution in [0.1, 0.15) is 0 Å². The molecule has 0 N–H and O–H groups in total. The molecule has 5 heteroatoms. The molecule has 0 amide bonds. The van der Waals surface area contributed by atoms with Gasteiger partial charge in [-0.05, 0) is 11.6 Å². The third-order valence-electron chi connectivity index (χ3n) is 0.403. The van der Waals surface area contributed by atoms with Crippen molar-refractivity contribution < 1.29 is 18.0 Å². The molecule has 0 fully saturated rings. The number of carbonyl (C=O) groups excluding carboxylic acids is 1. The molecule has 0 aromatic rings. The summed E-state index contributed by atoms with van der Waals surface area (Å²) >= 11 is 4.56. The maximum atomic E-state index is 11.1. The number of hydrogen-bond donors (Lipinski definition) is 0. The summed E-state index contributed by atoms with van der Waals surface area (Å²) < 4.78 is 33.4. The van der Waals surface area contributed by atoms with Gasteiger partial charge in [0.1, 0.15) is 0 Å². The van der Waals surface area contributed by atoms with Crippen LogP contribution in [0.15, 0.2) is 12.2 Å². The van der Waals surface area contributed by atoms with Crippen molar-refractivity contribution in [1.29, 1.82) is 0 Å².